The molecule has 0 unspecified atom stereocenters. The Hall–Kier alpha value is -4.05. The fourth-order valence-corrected chi connectivity index (χ4v) is 3.63. The fourth-order valence-electron chi connectivity index (χ4n) is 3.63. The number of carbonyl (C=O) groups excluding carboxylic acids is 3. The molecule has 2 aromatic carbocycles. The number of halogens is 2. The van der Waals surface area contributed by atoms with E-state index in [0.717, 1.165) is 22.6 Å². The number of carbonyl (C=O) groups is 3. The molecular formula is C28H35F2N5O3. The van der Waals surface area contributed by atoms with E-state index in [9.17, 15) is 18.4 Å². The van der Waals surface area contributed by atoms with Crippen molar-refractivity contribution in [2.75, 3.05) is 11.9 Å². The van der Waals surface area contributed by atoms with Crippen LogP contribution in [0, 0.1) is 25.5 Å². The number of rotatable bonds is 8. The number of amides is 2. The Morgan fingerprint density at radius 2 is 1.68 bits per heavy atom. The third-order valence-corrected chi connectivity index (χ3v) is 5.14. The van der Waals surface area contributed by atoms with Crippen LogP contribution < -0.4 is 15.5 Å². The predicted octanol–water partition coefficient (Wildman–Crippen LogP) is 5.03. The molecule has 0 fully saturated rings. The maximum atomic E-state index is 14.6. The second-order valence-corrected chi connectivity index (χ2v) is 8.16. The number of hydrogen-bond acceptors (Lipinski definition) is 6. The van der Waals surface area contributed by atoms with Crippen molar-refractivity contribution in [1.82, 2.24) is 20.6 Å². The number of hydrogen-bond donors (Lipinski definition) is 2. The molecule has 0 spiro atoms. The first-order valence-electron chi connectivity index (χ1n) is 12.1. The Kier molecular flexibility index (Phi) is 12.8. The topological polar surface area (TPSA) is 104 Å². The third kappa shape index (κ3) is 7.48. The predicted molar refractivity (Wildman–Crippen MR) is 145 cm³/mol. The van der Waals surface area contributed by atoms with Gasteiger partial charge in [-0.3, -0.25) is 14.5 Å². The van der Waals surface area contributed by atoms with E-state index in [-0.39, 0.29) is 24.3 Å². The molecule has 0 saturated heterocycles. The van der Waals surface area contributed by atoms with Crippen LogP contribution in [0.1, 0.15) is 55.0 Å². The molecule has 3 aromatic rings. The minimum Gasteiger partial charge on any atom is -0.350 e. The van der Waals surface area contributed by atoms with Crippen molar-refractivity contribution < 1.29 is 23.2 Å². The van der Waals surface area contributed by atoms with E-state index >= 15 is 0 Å². The van der Waals surface area contributed by atoms with Gasteiger partial charge in [0.1, 0.15) is 35.8 Å². The summed E-state index contributed by atoms with van der Waals surface area (Å²) in [7, 11) is 1.70. The molecule has 2 amide bonds. The van der Waals surface area contributed by atoms with E-state index in [0.29, 0.717) is 34.6 Å². The first kappa shape index (κ1) is 32.0. The van der Waals surface area contributed by atoms with Crippen LogP contribution in [-0.2, 0) is 16.1 Å². The molecule has 3 rings (SSSR count). The number of aromatic nitrogens is 2. The molecule has 0 atom stereocenters. The Bertz CT molecular complexity index is 1230. The van der Waals surface area contributed by atoms with Gasteiger partial charge in [-0.25, -0.2) is 18.7 Å². The molecule has 0 radical (unpaired) electrons. The van der Waals surface area contributed by atoms with Crippen LogP contribution in [-0.4, -0.2) is 42.2 Å². The Morgan fingerprint density at radius 3 is 2.21 bits per heavy atom. The average Bonchev–Trinajstić information content (AvgIpc) is 2.89. The minimum absolute atomic E-state index is 0.0400. The number of nitrogens with one attached hydrogen (secondary N) is 2. The van der Waals surface area contributed by atoms with Crippen LogP contribution in [0.5, 0.6) is 0 Å². The summed E-state index contributed by atoms with van der Waals surface area (Å²) in [6.07, 6.45) is 0.325. The first-order chi connectivity index (χ1) is 18.2. The molecule has 0 aliphatic rings. The number of benzene rings is 2. The number of anilines is 2. The van der Waals surface area contributed by atoms with Crippen LogP contribution in [0.3, 0.4) is 0 Å². The highest BCUT2D eigenvalue weighted by Crippen LogP contribution is 2.35. The first-order valence-corrected chi connectivity index (χ1v) is 12.1. The summed E-state index contributed by atoms with van der Waals surface area (Å²) in [6.45, 7) is 13.4. The summed E-state index contributed by atoms with van der Waals surface area (Å²) >= 11 is 0. The van der Waals surface area contributed by atoms with Crippen LogP contribution in [0.4, 0.5) is 20.3 Å². The van der Waals surface area contributed by atoms with Crippen molar-refractivity contribution in [3.8, 4) is 11.3 Å². The van der Waals surface area contributed by atoms with E-state index in [1.807, 2.05) is 41.4 Å². The average molecular weight is 528 g/mol. The highest BCUT2D eigenvalue weighted by molar-refractivity contribution is 5.96. The van der Waals surface area contributed by atoms with Gasteiger partial charge in [-0.05, 0) is 64.6 Å². The zero-order valence-corrected chi connectivity index (χ0v) is 22.9. The van der Waals surface area contributed by atoms with E-state index in [1.165, 1.54) is 6.07 Å². The maximum Gasteiger partial charge on any atom is 0.251 e. The Balaban J connectivity index is 0.00000172. The molecule has 38 heavy (non-hydrogen) atoms. The zero-order valence-electron chi connectivity index (χ0n) is 22.9. The molecule has 0 bridgehead atoms. The largest absolute Gasteiger partial charge is 0.350 e. The third-order valence-electron chi connectivity index (χ3n) is 5.14. The highest BCUT2D eigenvalue weighted by Gasteiger charge is 2.25. The molecule has 0 aliphatic heterocycles. The molecule has 8 nitrogen and oxygen atoms in total. The van der Waals surface area contributed by atoms with Gasteiger partial charge >= 0.3 is 0 Å². The van der Waals surface area contributed by atoms with Gasteiger partial charge in [0.05, 0.1) is 5.69 Å². The lowest BCUT2D eigenvalue weighted by Crippen LogP contribution is -2.30. The lowest BCUT2D eigenvalue weighted by atomic mass is 9.98. The van der Waals surface area contributed by atoms with Gasteiger partial charge in [-0.15, -0.1) is 0 Å². The summed E-state index contributed by atoms with van der Waals surface area (Å²) in [4.78, 5) is 42.5. The van der Waals surface area contributed by atoms with E-state index in [2.05, 4.69) is 20.6 Å². The SMILES string of the molecule is C=O.CC.CNCc1c(-c2cc(C(=O)NC(C)C)ccc2C)nc(C)nc1N(C=O)c1c(F)cccc1F. The molecule has 1 heterocycles. The molecule has 2 N–H and O–H groups in total. The standard InChI is InChI=1S/C25H27F2N5O2.C2H6.CH2O/c1-14(2)29-25(34)17-10-9-15(3)18(11-17)22-19(12-28-5)24(31-16(4)30-22)32(13-33)23-20(26)7-6-8-21(23)27;2*1-2/h6-11,13-14,28H,12H2,1-5H3,(H,29,34);1-2H3;1H2. The van der Waals surface area contributed by atoms with Crippen LogP contribution in [0.2, 0.25) is 0 Å². The molecule has 0 aliphatic carbocycles. The summed E-state index contributed by atoms with van der Waals surface area (Å²) in [6, 6.07) is 8.56. The lowest BCUT2D eigenvalue weighted by molar-refractivity contribution is -0.107. The van der Waals surface area contributed by atoms with Gasteiger partial charge < -0.3 is 15.4 Å². The van der Waals surface area contributed by atoms with Gasteiger partial charge in [0.25, 0.3) is 5.91 Å². The van der Waals surface area contributed by atoms with Crippen molar-refractivity contribution in [2.24, 2.45) is 0 Å². The number of para-hydroxylation sites is 1. The quantitative estimate of drug-likeness (QED) is 0.398. The molecule has 10 heteroatoms. The number of nitrogens with zero attached hydrogens (tertiary/aromatic N) is 3. The summed E-state index contributed by atoms with van der Waals surface area (Å²) < 4.78 is 29.2. The van der Waals surface area contributed by atoms with Crippen molar-refractivity contribution in [1.29, 1.82) is 0 Å². The van der Waals surface area contributed by atoms with Crippen LogP contribution in [0.25, 0.3) is 11.3 Å². The van der Waals surface area contributed by atoms with Gasteiger partial charge in [0.2, 0.25) is 6.41 Å². The number of aryl methyl sites for hydroxylation is 2. The molecule has 1 aromatic heterocycles. The van der Waals surface area contributed by atoms with Crippen LogP contribution in [0.15, 0.2) is 36.4 Å². The normalized spacial score (nSPS) is 10.1. The van der Waals surface area contributed by atoms with Gasteiger partial charge in [0, 0.05) is 29.3 Å². The molecular weight excluding hydrogens is 492 g/mol. The van der Waals surface area contributed by atoms with Gasteiger partial charge in [0.15, 0.2) is 0 Å². The van der Waals surface area contributed by atoms with Crippen molar-refractivity contribution in [2.45, 2.75) is 54.1 Å². The fraction of sp³-hybridized carbons (Fsp3) is 0.321. The lowest BCUT2D eigenvalue weighted by Gasteiger charge is -2.23. The van der Waals surface area contributed by atoms with E-state index in [1.54, 1.807) is 32.2 Å². The molecule has 0 saturated carbocycles. The van der Waals surface area contributed by atoms with Crippen molar-refractivity contribution in [3.05, 3.63) is 70.5 Å². The Labute approximate surface area is 222 Å². The van der Waals surface area contributed by atoms with Crippen LogP contribution >= 0.6 is 0 Å². The van der Waals surface area contributed by atoms with Gasteiger partial charge in [-0.2, -0.15) is 0 Å². The van der Waals surface area contributed by atoms with E-state index in [4.69, 9.17) is 4.79 Å². The summed E-state index contributed by atoms with van der Waals surface area (Å²) in [5.74, 6) is -1.69. The summed E-state index contributed by atoms with van der Waals surface area (Å²) in [5, 5.41) is 5.87. The van der Waals surface area contributed by atoms with E-state index < -0.39 is 17.3 Å². The second-order valence-electron chi connectivity index (χ2n) is 8.16. The summed E-state index contributed by atoms with van der Waals surface area (Å²) in [5.41, 5.74) is 2.30. The van der Waals surface area contributed by atoms with Crippen molar-refractivity contribution >= 4 is 30.6 Å². The Morgan fingerprint density at radius 1 is 1.08 bits per heavy atom. The second kappa shape index (κ2) is 15.3. The smallest absolute Gasteiger partial charge is 0.251 e. The van der Waals surface area contributed by atoms with Gasteiger partial charge in [-0.1, -0.05) is 26.0 Å². The van der Waals surface area contributed by atoms with Crippen molar-refractivity contribution in [3.63, 3.8) is 0 Å². The minimum atomic E-state index is -0.899. The highest BCUT2D eigenvalue weighted by atomic mass is 19.1. The monoisotopic (exact) mass is 527 g/mol. The zero-order chi connectivity index (χ0) is 29.0. The molecule has 204 valence electrons. The maximum absolute atomic E-state index is 14.6.